The number of nitrogens with zero attached hydrogens (tertiary/aromatic N) is 1. The van der Waals surface area contributed by atoms with Crippen LogP contribution >= 0.6 is 0 Å². The van der Waals surface area contributed by atoms with Gasteiger partial charge in [-0.2, -0.15) is 5.26 Å². The fraction of sp³-hybridized carbons (Fsp3) is 0.467. The Balaban J connectivity index is 2.21. The van der Waals surface area contributed by atoms with Crippen molar-refractivity contribution in [2.45, 2.75) is 31.7 Å². The normalized spacial score (nSPS) is 25.0. The number of anilines is 1. The minimum atomic E-state index is -0.625. The van der Waals surface area contributed by atoms with Gasteiger partial charge in [-0.15, -0.1) is 0 Å². The fourth-order valence-electron chi connectivity index (χ4n) is 2.72. The van der Waals surface area contributed by atoms with Crippen LogP contribution in [-0.2, 0) is 0 Å². The van der Waals surface area contributed by atoms with Crippen LogP contribution in [0.4, 0.5) is 10.1 Å². The highest BCUT2D eigenvalue weighted by Gasteiger charge is 2.37. The third-order valence-electron chi connectivity index (χ3n) is 3.80. The molecule has 20 heavy (non-hydrogen) atoms. The monoisotopic (exact) mass is 275 g/mol. The predicted octanol–water partition coefficient (Wildman–Crippen LogP) is 2.68. The van der Waals surface area contributed by atoms with Gasteiger partial charge in [0.1, 0.15) is 11.4 Å². The molecule has 2 rings (SSSR count). The Morgan fingerprint density at radius 1 is 1.55 bits per heavy atom. The Bertz CT molecular complexity index is 567. The zero-order chi connectivity index (χ0) is 14.8. The zero-order valence-corrected chi connectivity index (χ0v) is 11.7. The first-order chi connectivity index (χ1) is 9.49. The predicted molar refractivity (Wildman–Crippen MR) is 74.8 cm³/mol. The third kappa shape index (κ3) is 2.74. The van der Waals surface area contributed by atoms with Gasteiger partial charge >= 0.3 is 0 Å². The molecule has 5 heteroatoms. The molecule has 106 valence electrons. The average molecular weight is 275 g/mol. The first kappa shape index (κ1) is 14.3. The zero-order valence-electron chi connectivity index (χ0n) is 11.7. The minimum Gasteiger partial charge on any atom is -0.367 e. The molecular formula is C15H18FN3O. The SMILES string of the molecule is CNC(=O)c1ccc(N[C@@]2(C#N)CC[C@@H](C)C2)cc1F. The number of halogens is 1. The van der Waals surface area contributed by atoms with Gasteiger partial charge in [0.25, 0.3) is 5.91 Å². The van der Waals surface area contributed by atoms with Crippen molar-refractivity contribution < 1.29 is 9.18 Å². The summed E-state index contributed by atoms with van der Waals surface area (Å²) in [6, 6.07) is 6.65. The molecule has 0 saturated heterocycles. The van der Waals surface area contributed by atoms with E-state index in [2.05, 4.69) is 23.6 Å². The molecule has 1 fully saturated rings. The Labute approximate surface area is 118 Å². The molecule has 1 aromatic rings. The highest BCUT2D eigenvalue weighted by molar-refractivity contribution is 5.94. The Hall–Kier alpha value is -2.09. The lowest BCUT2D eigenvalue weighted by atomic mass is 9.97. The van der Waals surface area contributed by atoms with Gasteiger partial charge in [0.2, 0.25) is 0 Å². The van der Waals surface area contributed by atoms with Gasteiger partial charge in [-0.3, -0.25) is 4.79 Å². The molecule has 0 heterocycles. The molecule has 0 unspecified atom stereocenters. The minimum absolute atomic E-state index is 0.00356. The highest BCUT2D eigenvalue weighted by atomic mass is 19.1. The second-order valence-electron chi connectivity index (χ2n) is 5.44. The van der Waals surface area contributed by atoms with Crippen LogP contribution in [0.15, 0.2) is 18.2 Å². The van der Waals surface area contributed by atoms with Crippen molar-refractivity contribution in [1.82, 2.24) is 5.32 Å². The Kier molecular flexibility index (Phi) is 3.93. The average Bonchev–Trinajstić information content (AvgIpc) is 2.80. The van der Waals surface area contributed by atoms with Gasteiger partial charge in [0.05, 0.1) is 11.6 Å². The lowest BCUT2D eigenvalue weighted by Gasteiger charge is -2.24. The van der Waals surface area contributed by atoms with E-state index < -0.39 is 17.3 Å². The van der Waals surface area contributed by atoms with Gasteiger partial charge in [0.15, 0.2) is 0 Å². The fourth-order valence-corrected chi connectivity index (χ4v) is 2.72. The molecule has 1 aliphatic rings. The number of benzene rings is 1. The van der Waals surface area contributed by atoms with Crippen molar-refractivity contribution in [3.8, 4) is 6.07 Å². The molecule has 0 spiro atoms. The standard InChI is InChI=1S/C15H18FN3O/c1-10-5-6-15(8-10,9-17)19-11-3-4-12(13(16)7-11)14(20)18-2/h3-4,7,10,19H,5-6,8H2,1-2H3,(H,18,20)/t10-,15+/m1/s1. The topological polar surface area (TPSA) is 64.9 Å². The van der Waals surface area contributed by atoms with Crippen LogP contribution < -0.4 is 10.6 Å². The molecule has 0 radical (unpaired) electrons. The first-order valence-corrected chi connectivity index (χ1v) is 6.71. The molecule has 1 saturated carbocycles. The number of rotatable bonds is 3. The van der Waals surface area contributed by atoms with E-state index in [1.807, 2.05) is 0 Å². The first-order valence-electron chi connectivity index (χ1n) is 6.71. The van der Waals surface area contributed by atoms with Crippen LogP contribution in [0.5, 0.6) is 0 Å². The lowest BCUT2D eigenvalue weighted by Crippen LogP contribution is -2.33. The van der Waals surface area contributed by atoms with Crippen LogP contribution in [0.2, 0.25) is 0 Å². The highest BCUT2D eigenvalue weighted by Crippen LogP contribution is 2.36. The summed E-state index contributed by atoms with van der Waals surface area (Å²) in [6.45, 7) is 2.11. The van der Waals surface area contributed by atoms with Gasteiger partial charge in [-0.05, 0) is 43.4 Å². The second kappa shape index (κ2) is 5.49. The summed E-state index contributed by atoms with van der Waals surface area (Å²) in [4.78, 5) is 11.4. The molecule has 1 aliphatic carbocycles. The lowest BCUT2D eigenvalue weighted by molar-refractivity contribution is 0.0959. The van der Waals surface area contributed by atoms with Crippen molar-refractivity contribution in [1.29, 1.82) is 5.26 Å². The molecule has 0 aromatic heterocycles. The molecule has 2 N–H and O–H groups in total. The van der Waals surface area contributed by atoms with Crippen LogP contribution in [-0.4, -0.2) is 18.5 Å². The Morgan fingerprint density at radius 2 is 2.30 bits per heavy atom. The maximum Gasteiger partial charge on any atom is 0.253 e. The van der Waals surface area contributed by atoms with E-state index in [4.69, 9.17) is 0 Å². The van der Waals surface area contributed by atoms with E-state index in [1.54, 1.807) is 6.07 Å². The van der Waals surface area contributed by atoms with Gasteiger partial charge < -0.3 is 10.6 Å². The largest absolute Gasteiger partial charge is 0.367 e. The number of nitrogens with one attached hydrogen (secondary N) is 2. The smallest absolute Gasteiger partial charge is 0.253 e. The van der Waals surface area contributed by atoms with Crippen molar-refractivity contribution in [3.05, 3.63) is 29.6 Å². The molecular weight excluding hydrogens is 257 g/mol. The van der Waals surface area contributed by atoms with Gasteiger partial charge in [0, 0.05) is 12.7 Å². The van der Waals surface area contributed by atoms with Crippen LogP contribution in [0.3, 0.4) is 0 Å². The van der Waals surface area contributed by atoms with Crippen molar-refractivity contribution in [2.75, 3.05) is 12.4 Å². The number of nitriles is 1. The second-order valence-corrected chi connectivity index (χ2v) is 5.44. The van der Waals surface area contributed by atoms with E-state index >= 15 is 0 Å². The molecule has 1 aromatic carbocycles. The van der Waals surface area contributed by atoms with Gasteiger partial charge in [-0.25, -0.2) is 4.39 Å². The molecule has 2 atom stereocenters. The van der Waals surface area contributed by atoms with Crippen LogP contribution in [0.25, 0.3) is 0 Å². The van der Waals surface area contributed by atoms with E-state index in [9.17, 15) is 14.4 Å². The molecule has 0 aliphatic heterocycles. The molecule has 0 bridgehead atoms. The summed E-state index contributed by atoms with van der Waals surface area (Å²) in [6.07, 6.45) is 2.49. The van der Waals surface area contributed by atoms with Crippen LogP contribution in [0.1, 0.15) is 36.5 Å². The van der Waals surface area contributed by atoms with E-state index in [0.717, 1.165) is 19.3 Å². The summed E-state index contributed by atoms with van der Waals surface area (Å²) >= 11 is 0. The number of carbonyl (C=O) groups excluding carboxylic acids is 1. The third-order valence-corrected chi connectivity index (χ3v) is 3.80. The van der Waals surface area contributed by atoms with E-state index in [-0.39, 0.29) is 5.56 Å². The summed E-state index contributed by atoms with van der Waals surface area (Å²) < 4.78 is 13.9. The van der Waals surface area contributed by atoms with E-state index in [1.165, 1.54) is 19.2 Å². The summed E-state index contributed by atoms with van der Waals surface area (Å²) in [5.74, 6) is -0.566. The maximum atomic E-state index is 13.9. The van der Waals surface area contributed by atoms with Crippen molar-refractivity contribution in [3.63, 3.8) is 0 Å². The summed E-state index contributed by atoms with van der Waals surface area (Å²) in [5.41, 5.74) is -0.0879. The number of hydrogen-bond acceptors (Lipinski definition) is 3. The number of hydrogen-bond donors (Lipinski definition) is 2. The quantitative estimate of drug-likeness (QED) is 0.891. The molecule has 4 nitrogen and oxygen atoms in total. The number of carbonyl (C=O) groups is 1. The van der Waals surface area contributed by atoms with Gasteiger partial charge in [-0.1, -0.05) is 6.92 Å². The molecule has 1 amide bonds. The Morgan fingerprint density at radius 3 is 2.80 bits per heavy atom. The van der Waals surface area contributed by atoms with Crippen molar-refractivity contribution in [2.24, 2.45) is 5.92 Å². The summed E-state index contributed by atoms with van der Waals surface area (Å²) in [5, 5.41) is 14.9. The van der Waals surface area contributed by atoms with E-state index in [0.29, 0.717) is 11.6 Å². The van der Waals surface area contributed by atoms with Crippen molar-refractivity contribution >= 4 is 11.6 Å². The maximum absolute atomic E-state index is 13.9. The van der Waals surface area contributed by atoms with Crippen LogP contribution in [0, 0.1) is 23.1 Å². The summed E-state index contributed by atoms with van der Waals surface area (Å²) in [7, 11) is 1.46. The number of amides is 1.